The fraction of sp³-hybridized carbons (Fsp3) is 0.474. The number of hydrogen-bond donors (Lipinski definition) is 1. The predicted octanol–water partition coefficient (Wildman–Crippen LogP) is 4.70. The van der Waals surface area contributed by atoms with Crippen molar-refractivity contribution >= 4 is 10.8 Å². The first-order chi connectivity index (χ1) is 10.1. The van der Waals surface area contributed by atoms with E-state index in [9.17, 15) is 0 Å². The number of nitrogens with one attached hydrogen (secondary N) is 1. The van der Waals surface area contributed by atoms with Crippen LogP contribution in [0, 0.1) is 0 Å². The van der Waals surface area contributed by atoms with Crippen molar-refractivity contribution < 1.29 is 4.74 Å². The zero-order chi connectivity index (χ0) is 15.3. The monoisotopic (exact) mass is 285 g/mol. The van der Waals surface area contributed by atoms with Gasteiger partial charge in [-0.25, -0.2) is 0 Å². The van der Waals surface area contributed by atoms with Crippen LogP contribution in [0.25, 0.3) is 10.8 Å². The Kier molecular flexibility index (Phi) is 5.38. The van der Waals surface area contributed by atoms with Crippen molar-refractivity contribution in [3.63, 3.8) is 0 Å². The summed E-state index contributed by atoms with van der Waals surface area (Å²) in [7, 11) is 0. The van der Waals surface area contributed by atoms with Crippen LogP contribution >= 0.6 is 0 Å². The van der Waals surface area contributed by atoms with Gasteiger partial charge in [0.15, 0.2) is 0 Å². The molecule has 0 aliphatic rings. The summed E-state index contributed by atoms with van der Waals surface area (Å²) in [6.07, 6.45) is 1.12. The van der Waals surface area contributed by atoms with Crippen molar-refractivity contribution in [3.05, 3.63) is 48.0 Å². The van der Waals surface area contributed by atoms with E-state index in [0.717, 1.165) is 19.6 Å². The molecule has 2 rings (SSSR count). The minimum atomic E-state index is -0.230. The molecule has 0 heterocycles. The number of hydrogen-bond acceptors (Lipinski definition) is 2. The summed E-state index contributed by atoms with van der Waals surface area (Å²) in [4.78, 5) is 0. The third-order valence-corrected chi connectivity index (χ3v) is 3.92. The first kappa shape index (κ1) is 16.0. The van der Waals surface area contributed by atoms with Crippen LogP contribution < -0.4 is 5.32 Å². The summed E-state index contributed by atoms with van der Waals surface area (Å²) in [5.41, 5.74) is 1.06. The van der Waals surface area contributed by atoms with E-state index in [-0.39, 0.29) is 11.6 Å². The average Bonchev–Trinajstić information content (AvgIpc) is 2.47. The third kappa shape index (κ3) is 3.84. The van der Waals surface area contributed by atoms with Crippen molar-refractivity contribution in [2.24, 2.45) is 0 Å². The summed E-state index contributed by atoms with van der Waals surface area (Å²) >= 11 is 0. The van der Waals surface area contributed by atoms with E-state index in [2.05, 4.69) is 75.5 Å². The van der Waals surface area contributed by atoms with Crippen molar-refractivity contribution in [1.82, 2.24) is 5.32 Å². The molecule has 0 aromatic heterocycles. The first-order valence-electron chi connectivity index (χ1n) is 7.94. The van der Waals surface area contributed by atoms with Gasteiger partial charge in [-0.15, -0.1) is 0 Å². The van der Waals surface area contributed by atoms with Gasteiger partial charge in [0.25, 0.3) is 0 Å². The van der Waals surface area contributed by atoms with Crippen LogP contribution in [0.4, 0.5) is 0 Å². The predicted molar refractivity (Wildman–Crippen MR) is 90.7 cm³/mol. The number of benzene rings is 2. The van der Waals surface area contributed by atoms with Gasteiger partial charge in [0.05, 0.1) is 11.6 Å². The summed E-state index contributed by atoms with van der Waals surface area (Å²) in [6, 6.07) is 15.4. The van der Waals surface area contributed by atoms with Crippen LogP contribution in [0.2, 0.25) is 0 Å². The molecule has 2 heteroatoms. The molecular weight excluding hydrogens is 258 g/mol. The highest BCUT2D eigenvalue weighted by atomic mass is 16.5. The zero-order valence-electron chi connectivity index (χ0n) is 13.6. The van der Waals surface area contributed by atoms with E-state index in [1.165, 1.54) is 16.3 Å². The number of fused-ring (bicyclic) bond motifs is 1. The highest BCUT2D eigenvalue weighted by molar-refractivity contribution is 5.83. The van der Waals surface area contributed by atoms with Gasteiger partial charge in [0, 0.05) is 6.61 Å². The molecule has 0 fully saturated rings. The topological polar surface area (TPSA) is 21.3 Å². The fourth-order valence-electron chi connectivity index (χ4n) is 2.90. The second-order valence-corrected chi connectivity index (χ2v) is 6.03. The number of rotatable bonds is 7. The highest BCUT2D eigenvalue weighted by Crippen LogP contribution is 2.31. The summed E-state index contributed by atoms with van der Waals surface area (Å²) < 4.78 is 5.99. The smallest absolute Gasteiger partial charge is 0.0820 e. The maximum absolute atomic E-state index is 5.99. The Hall–Kier alpha value is -1.38. The quantitative estimate of drug-likeness (QED) is 0.796. The SMILES string of the molecule is CCCNC(c1ccc2ccccc2c1)C(C)(C)OCC. The van der Waals surface area contributed by atoms with Gasteiger partial charge in [0.1, 0.15) is 0 Å². The van der Waals surface area contributed by atoms with Crippen LogP contribution in [-0.4, -0.2) is 18.8 Å². The molecule has 0 saturated carbocycles. The molecule has 2 aromatic rings. The van der Waals surface area contributed by atoms with Gasteiger partial charge in [0.2, 0.25) is 0 Å². The molecule has 0 saturated heterocycles. The van der Waals surface area contributed by atoms with E-state index in [1.54, 1.807) is 0 Å². The van der Waals surface area contributed by atoms with Crippen molar-refractivity contribution in [3.8, 4) is 0 Å². The normalized spacial score (nSPS) is 13.5. The Labute approximate surface area is 128 Å². The first-order valence-corrected chi connectivity index (χ1v) is 7.94. The summed E-state index contributed by atoms with van der Waals surface area (Å²) in [6.45, 7) is 10.3. The fourth-order valence-corrected chi connectivity index (χ4v) is 2.90. The Bertz CT molecular complexity index is 577. The molecule has 0 bridgehead atoms. The third-order valence-electron chi connectivity index (χ3n) is 3.92. The van der Waals surface area contributed by atoms with Crippen molar-refractivity contribution in [2.45, 2.75) is 45.8 Å². The van der Waals surface area contributed by atoms with Crippen LogP contribution in [0.1, 0.15) is 45.7 Å². The number of ether oxygens (including phenoxy) is 1. The Morgan fingerprint density at radius 3 is 2.43 bits per heavy atom. The molecule has 1 unspecified atom stereocenters. The lowest BCUT2D eigenvalue weighted by molar-refractivity contribution is -0.0391. The van der Waals surface area contributed by atoms with Gasteiger partial charge >= 0.3 is 0 Å². The van der Waals surface area contributed by atoms with Crippen LogP contribution in [0.15, 0.2) is 42.5 Å². The lowest BCUT2D eigenvalue weighted by Crippen LogP contribution is -2.42. The van der Waals surface area contributed by atoms with Gasteiger partial charge < -0.3 is 10.1 Å². The minimum Gasteiger partial charge on any atom is -0.374 e. The molecule has 2 aromatic carbocycles. The van der Waals surface area contributed by atoms with Gasteiger partial charge in [-0.2, -0.15) is 0 Å². The summed E-state index contributed by atoms with van der Waals surface area (Å²) in [5, 5.41) is 6.22. The van der Waals surface area contributed by atoms with E-state index in [0.29, 0.717) is 0 Å². The second kappa shape index (κ2) is 7.06. The Morgan fingerprint density at radius 2 is 1.76 bits per heavy atom. The maximum atomic E-state index is 5.99. The Balaban J connectivity index is 2.37. The molecule has 0 radical (unpaired) electrons. The van der Waals surface area contributed by atoms with Crippen molar-refractivity contribution in [1.29, 1.82) is 0 Å². The largest absolute Gasteiger partial charge is 0.374 e. The molecule has 1 N–H and O–H groups in total. The lowest BCUT2D eigenvalue weighted by atomic mass is 9.90. The van der Waals surface area contributed by atoms with Crippen molar-refractivity contribution in [2.75, 3.05) is 13.2 Å². The van der Waals surface area contributed by atoms with E-state index >= 15 is 0 Å². The molecule has 0 aliphatic heterocycles. The highest BCUT2D eigenvalue weighted by Gasteiger charge is 2.30. The standard InChI is InChI=1S/C19H27NO/c1-5-13-20-18(19(3,4)21-6-2)17-12-11-15-9-7-8-10-16(15)14-17/h7-12,14,18,20H,5-6,13H2,1-4H3. The molecule has 1 atom stereocenters. The van der Waals surface area contributed by atoms with E-state index in [1.807, 2.05) is 0 Å². The zero-order valence-corrected chi connectivity index (χ0v) is 13.6. The lowest BCUT2D eigenvalue weighted by Gasteiger charge is -2.35. The van der Waals surface area contributed by atoms with E-state index in [4.69, 9.17) is 4.74 Å². The molecule has 0 spiro atoms. The van der Waals surface area contributed by atoms with Crippen LogP contribution in [0.3, 0.4) is 0 Å². The van der Waals surface area contributed by atoms with Gasteiger partial charge in [-0.3, -0.25) is 0 Å². The maximum Gasteiger partial charge on any atom is 0.0820 e. The molecule has 0 aliphatic carbocycles. The molecular formula is C19H27NO. The molecule has 2 nitrogen and oxygen atoms in total. The van der Waals surface area contributed by atoms with Crippen LogP contribution in [-0.2, 0) is 4.74 Å². The summed E-state index contributed by atoms with van der Waals surface area (Å²) in [5.74, 6) is 0. The second-order valence-electron chi connectivity index (χ2n) is 6.03. The Morgan fingerprint density at radius 1 is 1.05 bits per heavy atom. The van der Waals surface area contributed by atoms with Gasteiger partial charge in [-0.05, 0) is 56.1 Å². The van der Waals surface area contributed by atoms with E-state index < -0.39 is 0 Å². The average molecular weight is 285 g/mol. The molecule has 114 valence electrons. The van der Waals surface area contributed by atoms with Gasteiger partial charge in [-0.1, -0.05) is 43.3 Å². The van der Waals surface area contributed by atoms with Crippen LogP contribution in [0.5, 0.6) is 0 Å². The molecule has 21 heavy (non-hydrogen) atoms. The minimum absolute atomic E-state index is 0.196. The molecule has 0 amide bonds.